The number of amides is 1. The van der Waals surface area contributed by atoms with E-state index in [-0.39, 0.29) is 11.7 Å². The summed E-state index contributed by atoms with van der Waals surface area (Å²) >= 11 is 0. The van der Waals surface area contributed by atoms with E-state index < -0.39 is 0 Å². The fourth-order valence-corrected chi connectivity index (χ4v) is 2.47. The van der Waals surface area contributed by atoms with Gasteiger partial charge in [-0.1, -0.05) is 13.0 Å². The van der Waals surface area contributed by atoms with E-state index in [1.165, 1.54) is 6.33 Å². The summed E-state index contributed by atoms with van der Waals surface area (Å²) in [5.41, 5.74) is 2.97. The Labute approximate surface area is 116 Å². The molecule has 2 aromatic rings. The number of hydrogen-bond donors (Lipinski definition) is 0. The fourth-order valence-electron chi connectivity index (χ4n) is 2.47. The molecule has 4 nitrogen and oxygen atoms in total. The Morgan fingerprint density at radius 2 is 2.15 bits per heavy atom. The van der Waals surface area contributed by atoms with Crippen LogP contribution in [0.25, 0.3) is 11.3 Å². The molecular weight excluding hydrogens is 257 g/mol. The highest BCUT2D eigenvalue weighted by Gasteiger charge is 2.25. The molecule has 20 heavy (non-hydrogen) atoms. The molecule has 102 valence electrons. The molecule has 0 saturated carbocycles. The highest BCUT2D eigenvalue weighted by molar-refractivity contribution is 5.98. The molecule has 0 unspecified atom stereocenters. The summed E-state index contributed by atoms with van der Waals surface area (Å²) in [6.07, 6.45) is 1.90. The second kappa shape index (κ2) is 4.67. The van der Waals surface area contributed by atoms with E-state index in [1.54, 1.807) is 24.1 Å². The van der Waals surface area contributed by atoms with Crippen LogP contribution in [0.5, 0.6) is 0 Å². The smallest absolute Gasteiger partial charge is 0.254 e. The summed E-state index contributed by atoms with van der Waals surface area (Å²) in [6, 6.07) is 5.31. The van der Waals surface area contributed by atoms with Crippen LogP contribution in [-0.4, -0.2) is 27.8 Å². The lowest BCUT2D eigenvalue weighted by Crippen LogP contribution is -2.17. The van der Waals surface area contributed by atoms with Gasteiger partial charge in [-0.15, -0.1) is 0 Å². The third-order valence-electron chi connectivity index (χ3n) is 3.56. The Balaban J connectivity index is 2.09. The van der Waals surface area contributed by atoms with Crippen LogP contribution in [0.3, 0.4) is 0 Å². The number of nitrogens with zero attached hydrogens (tertiary/aromatic N) is 3. The minimum Gasteiger partial charge on any atom is -0.337 e. The summed E-state index contributed by atoms with van der Waals surface area (Å²) < 4.78 is 14.3. The van der Waals surface area contributed by atoms with Crippen LogP contribution in [0, 0.1) is 5.82 Å². The van der Waals surface area contributed by atoms with E-state index in [9.17, 15) is 9.18 Å². The molecule has 2 heterocycles. The lowest BCUT2D eigenvalue weighted by Gasteiger charge is -2.06. The summed E-state index contributed by atoms with van der Waals surface area (Å²) in [4.78, 5) is 21.4. The number of aryl methyl sites for hydroxylation is 1. The zero-order valence-corrected chi connectivity index (χ0v) is 11.4. The van der Waals surface area contributed by atoms with Gasteiger partial charge in [0.1, 0.15) is 12.0 Å². The minimum absolute atomic E-state index is 0.00366. The number of rotatable bonds is 2. The Morgan fingerprint density at radius 3 is 2.90 bits per heavy atom. The van der Waals surface area contributed by atoms with Gasteiger partial charge in [0.05, 0.1) is 5.69 Å². The number of carbonyl (C=O) groups excluding carboxylic acids is 1. The van der Waals surface area contributed by atoms with Crippen molar-refractivity contribution in [2.75, 3.05) is 7.05 Å². The molecule has 0 spiro atoms. The molecule has 5 heteroatoms. The van der Waals surface area contributed by atoms with Gasteiger partial charge in [-0.25, -0.2) is 14.4 Å². The standard InChI is InChI=1S/C15H14FN3O/c1-3-12-13(16)14(18-8-17-12)9-4-5-11-10(6-9)7-19(2)15(11)20/h4-6,8H,3,7H2,1-2H3. The van der Waals surface area contributed by atoms with Crippen molar-refractivity contribution in [3.05, 3.63) is 47.2 Å². The molecule has 0 bridgehead atoms. The first-order chi connectivity index (χ1) is 9.61. The van der Waals surface area contributed by atoms with Gasteiger partial charge in [0.25, 0.3) is 5.91 Å². The van der Waals surface area contributed by atoms with E-state index in [2.05, 4.69) is 9.97 Å². The number of carbonyl (C=O) groups is 1. The molecule has 1 amide bonds. The summed E-state index contributed by atoms with van der Waals surface area (Å²) in [7, 11) is 1.75. The Kier molecular flexibility index (Phi) is 2.97. The molecule has 1 aliphatic rings. The molecule has 0 fully saturated rings. The molecule has 1 aromatic carbocycles. The van der Waals surface area contributed by atoms with Crippen LogP contribution < -0.4 is 0 Å². The third-order valence-corrected chi connectivity index (χ3v) is 3.56. The van der Waals surface area contributed by atoms with Gasteiger partial charge in [0.15, 0.2) is 5.82 Å². The zero-order valence-electron chi connectivity index (χ0n) is 11.4. The van der Waals surface area contributed by atoms with E-state index in [0.717, 1.165) is 5.56 Å². The maximum Gasteiger partial charge on any atom is 0.254 e. The largest absolute Gasteiger partial charge is 0.337 e. The van der Waals surface area contributed by atoms with Crippen molar-refractivity contribution in [1.82, 2.24) is 14.9 Å². The maximum atomic E-state index is 14.3. The molecular formula is C15H14FN3O. The SMILES string of the molecule is CCc1ncnc(-c2ccc3c(c2)CN(C)C3=O)c1F. The van der Waals surface area contributed by atoms with Crippen LogP contribution in [0.15, 0.2) is 24.5 Å². The van der Waals surface area contributed by atoms with E-state index >= 15 is 0 Å². The Morgan fingerprint density at radius 1 is 1.35 bits per heavy atom. The van der Waals surface area contributed by atoms with E-state index in [4.69, 9.17) is 0 Å². The monoisotopic (exact) mass is 271 g/mol. The van der Waals surface area contributed by atoms with Gasteiger partial charge < -0.3 is 4.90 Å². The van der Waals surface area contributed by atoms with Crippen LogP contribution in [0.4, 0.5) is 4.39 Å². The normalized spacial score (nSPS) is 13.8. The predicted octanol–water partition coefficient (Wildman–Crippen LogP) is 2.43. The van der Waals surface area contributed by atoms with Crippen LogP contribution in [0.2, 0.25) is 0 Å². The second-order valence-electron chi connectivity index (χ2n) is 4.87. The summed E-state index contributed by atoms with van der Waals surface area (Å²) in [6.45, 7) is 2.40. The van der Waals surface area contributed by atoms with Gasteiger partial charge in [0.2, 0.25) is 0 Å². The van der Waals surface area contributed by atoms with Crippen molar-refractivity contribution in [2.45, 2.75) is 19.9 Å². The quantitative estimate of drug-likeness (QED) is 0.842. The molecule has 1 aliphatic heterocycles. The Hall–Kier alpha value is -2.30. The van der Waals surface area contributed by atoms with Gasteiger partial charge in [-0.05, 0) is 24.1 Å². The van der Waals surface area contributed by atoms with Gasteiger partial charge in [-0.2, -0.15) is 0 Å². The molecule has 0 saturated heterocycles. The first-order valence-electron chi connectivity index (χ1n) is 6.50. The van der Waals surface area contributed by atoms with Crippen molar-refractivity contribution in [3.63, 3.8) is 0 Å². The van der Waals surface area contributed by atoms with Crippen molar-refractivity contribution >= 4 is 5.91 Å². The first kappa shape index (κ1) is 12.7. The van der Waals surface area contributed by atoms with Crippen molar-refractivity contribution in [1.29, 1.82) is 0 Å². The first-order valence-corrected chi connectivity index (χ1v) is 6.50. The molecule has 0 radical (unpaired) electrons. The van der Waals surface area contributed by atoms with Crippen molar-refractivity contribution in [3.8, 4) is 11.3 Å². The molecule has 3 rings (SSSR count). The second-order valence-corrected chi connectivity index (χ2v) is 4.87. The predicted molar refractivity (Wildman–Crippen MR) is 72.6 cm³/mol. The summed E-state index contributed by atoms with van der Waals surface area (Å²) in [5.74, 6) is -0.378. The van der Waals surface area contributed by atoms with Gasteiger partial charge in [-0.3, -0.25) is 4.79 Å². The number of hydrogen-bond acceptors (Lipinski definition) is 3. The molecule has 0 N–H and O–H groups in total. The highest BCUT2D eigenvalue weighted by Crippen LogP contribution is 2.28. The molecule has 0 aliphatic carbocycles. The van der Waals surface area contributed by atoms with Crippen LogP contribution >= 0.6 is 0 Å². The summed E-state index contributed by atoms with van der Waals surface area (Å²) in [5, 5.41) is 0. The fraction of sp³-hybridized carbons (Fsp3) is 0.267. The van der Waals surface area contributed by atoms with Crippen LogP contribution in [0.1, 0.15) is 28.5 Å². The number of fused-ring (bicyclic) bond motifs is 1. The number of benzene rings is 1. The number of halogens is 1. The van der Waals surface area contributed by atoms with Crippen molar-refractivity contribution in [2.24, 2.45) is 0 Å². The van der Waals surface area contributed by atoms with Gasteiger partial charge in [0, 0.05) is 24.7 Å². The zero-order chi connectivity index (χ0) is 14.3. The third kappa shape index (κ3) is 1.86. The van der Waals surface area contributed by atoms with E-state index in [1.807, 2.05) is 13.0 Å². The number of aromatic nitrogens is 2. The average molecular weight is 271 g/mol. The van der Waals surface area contributed by atoms with Crippen LogP contribution in [-0.2, 0) is 13.0 Å². The Bertz CT molecular complexity index is 700. The van der Waals surface area contributed by atoms with Crippen molar-refractivity contribution < 1.29 is 9.18 Å². The molecule has 0 atom stereocenters. The van der Waals surface area contributed by atoms with Gasteiger partial charge >= 0.3 is 0 Å². The maximum absolute atomic E-state index is 14.3. The topological polar surface area (TPSA) is 46.1 Å². The van der Waals surface area contributed by atoms with E-state index in [0.29, 0.717) is 35.5 Å². The minimum atomic E-state index is -0.382. The lowest BCUT2D eigenvalue weighted by atomic mass is 10.0. The average Bonchev–Trinajstić information content (AvgIpc) is 2.74. The lowest BCUT2D eigenvalue weighted by molar-refractivity contribution is 0.0816. The highest BCUT2D eigenvalue weighted by atomic mass is 19.1. The molecule has 1 aromatic heterocycles.